The maximum atomic E-state index is 13.2. The lowest BCUT2D eigenvalue weighted by molar-refractivity contribution is -0.204. The molecule has 8 bridgehead atoms. The van der Waals surface area contributed by atoms with Gasteiger partial charge < -0.3 is 53.6 Å². The molecule has 0 amide bonds. The first-order valence-corrected chi connectivity index (χ1v) is 36.1. The number of carbonyl (C=O) groups is 2. The van der Waals surface area contributed by atoms with Gasteiger partial charge in [-0.15, -0.1) is 11.6 Å². The number of carbonyl (C=O) groups excluding carboxylic acids is 2. The lowest BCUT2D eigenvalue weighted by Crippen LogP contribution is -3.00. The number of phenolic OH excluding ortho intramolecular Hbond substituents is 1. The first kappa shape index (κ1) is 78.2. The SMILES string of the molecule is CC1(OC(=O)CCl)C2CC3CC(C2)CC1C3.CC1(OC(=O)COc2ccc(Oc3ccc([S+](c4ccc(C(F)(F)F)cc4)c4ccc(C(F)(F)F)cc4)cc3)cc2)C2CC3CC(C2)CC1C3.Oc1ccc(Oc2ccc([S+](c3ccc(C(F)(F)F)cc3)c3ccc(C(F)(F)F)cc3)cc2)cc1.[Cl-].[Cl-]. The average molecular weight is 1530 g/mol. The van der Waals surface area contributed by atoms with Crippen LogP contribution in [0.2, 0.25) is 0 Å². The van der Waals surface area contributed by atoms with Crippen LogP contribution < -0.4 is 39.0 Å². The van der Waals surface area contributed by atoms with E-state index in [1.54, 1.807) is 84.9 Å². The zero-order valence-corrected chi connectivity index (χ0v) is 59.3. The van der Waals surface area contributed by atoms with Crippen LogP contribution in [0.5, 0.6) is 34.5 Å². The Kier molecular flexibility index (Phi) is 24.1. The zero-order valence-electron chi connectivity index (χ0n) is 55.4. The molecule has 8 saturated carbocycles. The minimum absolute atomic E-state index is 0. The van der Waals surface area contributed by atoms with Crippen molar-refractivity contribution in [2.24, 2.45) is 47.3 Å². The van der Waals surface area contributed by atoms with E-state index in [0.29, 0.717) is 81.8 Å². The van der Waals surface area contributed by atoms with Gasteiger partial charge in [0.2, 0.25) is 0 Å². The van der Waals surface area contributed by atoms with Crippen molar-refractivity contribution in [1.82, 2.24) is 0 Å². The molecule has 8 aliphatic rings. The van der Waals surface area contributed by atoms with E-state index in [2.05, 4.69) is 13.8 Å². The zero-order chi connectivity index (χ0) is 71.8. The maximum Gasteiger partial charge on any atom is 0.416 e. The van der Waals surface area contributed by atoms with Crippen molar-refractivity contribution < 1.29 is 116 Å². The third kappa shape index (κ3) is 18.5. The first-order valence-electron chi connectivity index (χ1n) is 33.1. The van der Waals surface area contributed by atoms with E-state index in [9.17, 15) is 67.4 Å². The van der Waals surface area contributed by atoms with Crippen LogP contribution in [0.1, 0.15) is 100 Å². The van der Waals surface area contributed by atoms with Crippen LogP contribution in [0.3, 0.4) is 0 Å². The molecule has 548 valence electrons. The molecule has 8 nitrogen and oxygen atoms in total. The van der Waals surface area contributed by atoms with Crippen LogP contribution >= 0.6 is 11.6 Å². The highest BCUT2D eigenvalue weighted by molar-refractivity contribution is 7.97. The molecule has 0 aromatic heterocycles. The molecule has 0 aliphatic heterocycles. The Bertz CT molecular complexity index is 3980. The molecule has 0 radical (unpaired) electrons. The number of alkyl halides is 13. The molecule has 8 aromatic rings. The molecular weight excluding hydrogens is 1460 g/mol. The minimum atomic E-state index is -4.52. The summed E-state index contributed by atoms with van der Waals surface area (Å²) in [5.41, 5.74) is -3.88. The molecule has 0 unspecified atom stereocenters. The number of ether oxygens (including phenoxy) is 5. The predicted molar refractivity (Wildman–Crippen MR) is 357 cm³/mol. The van der Waals surface area contributed by atoms with E-state index in [-0.39, 0.29) is 60.6 Å². The highest BCUT2D eigenvalue weighted by Crippen LogP contribution is 2.61. The lowest BCUT2D eigenvalue weighted by Gasteiger charge is -2.59. The fraction of sp³-hybridized carbons (Fsp3) is 0.359. The Hall–Kier alpha value is -7.37. The van der Waals surface area contributed by atoms with Crippen molar-refractivity contribution in [3.05, 3.63) is 216 Å². The van der Waals surface area contributed by atoms with Gasteiger partial charge in [-0.05, 0) is 320 Å². The molecule has 0 heterocycles. The molecule has 0 atom stereocenters. The summed E-state index contributed by atoms with van der Waals surface area (Å²) in [6, 6.07) is 44.9. The molecule has 103 heavy (non-hydrogen) atoms. The van der Waals surface area contributed by atoms with Crippen molar-refractivity contribution >= 4 is 45.3 Å². The van der Waals surface area contributed by atoms with Crippen molar-refractivity contribution in [2.75, 3.05) is 12.5 Å². The smallest absolute Gasteiger partial charge is 0.416 e. The third-order valence-corrected chi connectivity index (χ3v) is 25.3. The van der Waals surface area contributed by atoms with E-state index >= 15 is 0 Å². The molecule has 1 N–H and O–H groups in total. The summed E-state index contributed by atoms with van der Waals surface area (Å²) in [5.74, 6) is 7.28. The summed E-state index contributed by atoms with van der Waals surface area (Å²) < 4.78 is 187. The highest BCUT2D eigenvalue weighted by atomic mass is 35.5. The molecule has 0 spiro atoms. The van der Waals surface area contributed by atoms with E-state index < -0.39 is 74.4 Å². The van der Waals surface area contributed by atoms with Crippen molar-refractivity contribution in [3.63, 3.8) is 0 Å². The van der Waals surface area contributed by atoms with Gasteiger partial charge in [0.15, 0.2) is 36.0 Å². The average Bonchev–Trinajstić information content (AvgIpc) is 0.738. The second-order valence-electron chi connectivity index (χ2n) is 27.2. The standard InChI is InChI=1S/C39H35F6O4S.C26H16F6O2S.C13H19ClO2.2ClH/c1-37(28-19-24-18-25(21-28)22-29(37)20-24)49-36(46)23-47-30-6-8-31(9-7-30)48-32-10-16-35(17-11-32)50(33-12-2-26(3-13-33)38(40,41)42)34-14-4-27(5-15-34)39(43,44)45;27-25(28,29)17-1-11-22(12-2-17)35(23-13-3-18(4-14-23)26(30,31)32)24-15-9-21(10-16-24)34-20-7-5-19(33)6-8-20;1-13(16-12(15)7-14)10-3-8-2-9(5-10)6-11(13)4-8;;/h2-17,24-25,28-29H,18-23H2,1H3;1-16H;8-11H,2-7H2,1H3;2*1H/q+1;;;;/p-1. The van der Waals surface area contributed by atoms with Crippen molar-refractivity contribution in [1.29, 1.82) is 0 Å². The second-order valence-corrected chi connectivity index (χ2v) is 31.5. The Morgan fingerprint density at radius 1 is 0.369 bits per heavy atom. The molecule has 16 rings (SSSR count). The van der Waals surface area contributed by atoms with Crippen LogP contribution in [0.4, 0.5) is 52.7 Å². The summed E-state index contributed by atoms with van der Waals surface area (Å²) in [4.78, 5) is 27.7. The molecule has 25 heteroatoms. The number of aromatic hydroxyl groups is 1. The maximum absolute atomic E-state index is 13.2. The van der Waals surface area contributed by atoms with Gasteiger partial charge in [-0.2, -0.15) is 52.7 Å². The Morgan fingerprint density at radius 3 is 0.845 bits per heavy atom. The summed E-state index contributed by atoms with van der Waals surface area (Å²) in [6.45, 7) is 4.05. The number of benzene rings is 8. The fourth-order valence-electron chi connectivity index (χ4n) is 15.9. The summed E-state index contributed by atoms with van der Waals surface area (Å²) >= 11 is 5.55. The topological polar surface area (TPSA) is 101 Å². The van der Waals surface area contributed by atoms with E-state index in [1.165, 1.54) is 99.2 Å². The molecule has 8 fully saturated rings. The molecule has 8 aromatic carbocycles. The molecular formula is C78H71Cl3F12O8S2. The quantitative estimate of drug-likeness (QED) is 0.0442. The van der Waals surface area contributed by atoms with E-state index in [4.69, 9.17) is 35.3 Å². The lowest BCUT2D eigenvalue weighted by atomic mass is 9.50. The van der Waals surface area contributed by atoms with E-state index in [1.807, 2.05) is 0 Å². The first-order chi connectivity index (χ1) is 47.9. The van der Waals surface area contributed by atoms with Gasteiger partial charge in [0.25, 0.3) is 0 Å². The van der Waals surface area contributed by atoms with Crippen LogP contribution in [0.25, 0.3) is 0 Å². The van der Waals surface area contributed by atoms with Gasteiger partial charge in [0, 0.05) is 0 Å². The van der Waals surface area contributed by atoms with Crippen LogP contribution in [0.15, 0.2) is 223 Å². The Balaban J connectivity index is 0.000000186. The monoisotopic (exact) mass is 1530 g/mol. The molecule has 0 saturated heterocycles. The largest absolute Gasteiger partial charge is 1.00 e. The van der Waals surface area contributed by atoms with Crippen LogP contribution in [0, 0.1) is 47.3 Å². The van der Waals surface area contributed by atoms with Crippen molar-refractivity contribution in [2.45, 2.75) is 143 Å². The number of halogens is 15. The third-order valence-electron chi connectivity index (χ3n) is 20.6. The Morgan fingerprint density at radius 2 is 0.592 bits per heavy atom. The van der Waals surface area contributed by atoms with Crippen molar-refractivity contribution in [3.8, 4) is 34.5 Å². The van der Waals surface area contributed by atoms with Gasteiger partial charge in [0.1, 0.15) is 51.6 Å². The number of hydrogen-bond acceptors (Lipinski definition) is 8. The number of phenols is 1. The number of esters is 2. The second kappa shape index (κ2) is 31.8. The normalized spacial score (nSPS) is 23.6. The van der Waals surface area contributed by atoms with Gasteiger partial charge in [-0.25, -0.2) is 4.79 Å². The summed E-state index contributed by atoms with van der Waals surface area (Å²) in [5, 5.41) is 9.38. The summed E-state index contributed by atoms with van der Waals surface area (Å²) in [6.07, 6.45) is -5.69. The van der Waals surface area contributed by atoms with Gasteiger partial charge in [0.05, 0.1) is 44.0 Å². The highest BCUT2D eigenvalue weighted by Gasteiger charge is 2.58. The fourth-order valence-corrected chi connectivity index (χ4v) is 20.0. The Labute approximate surface area is 611 Å². The van der Waals surface area contributed by atoms with E-state index in [0.717, 1.165) is 97.9 Å². The molecule has 8 aliphatic carbocycles. The van der Waals surface area contributed by atoms with Gasteiger partial charge >= 0.3 is 36.6 Å². The number of rotatable bonds is 16. The predicted octanol–water partition coefficient (Wildman–Crippen LogP) is 16.1. The summed E-state index contributed by atoms with van der Waals surface area (Å²) in [7, 11) is -1.97. The van der Waals surface area contributed by atoms with Crippen LogP contribution in [-0.2, 0) is 65.6 Å². The van der Waals surface area contributed by atoms with Crippen LogP contribution in [-0.4, -0.2) is 40.7 Å². The van der Waals surface area contributed by atoms with Gasteiger partial charge in [-0.1, -0.05) is 0 Å². The minimum Gasteiger partial charge on any atom is -1.00 e. The number of hydrogen-bond donors (Lipinski definition) is 1. The van der Waals surface area contributed by atoms with Gasteiger partial charge in [-0.3, -0.25) is 4.79 Å².